The maximum atomic E-state index is 12.6. The summed E-state index contributed by atoms with van der Waals surface area (Å²) < 4.78 is 43.5. The Morgan fingerprint density at radius 1 is 1.16 bits per heavy atom. The molecule has 0 bridgehead atoms. The van der Waals surface area contributed by atoms with Gasteiger partial charge in [0, 0.05) is 12.0 Å². The molecular weight excluding hydrogens is 255 g/mol. The number of oxazole rings is 1. The number of benzene rings is 1. The number of hydrogen-bond donors (Lipinski definition) is 0. The Morgan fingerprint density at radius 3 is 2.42 bits per heavy atom. The van der Waals surface area contributed by atoms with Crippen LogP contribution in [0.5, 0.6) is 0 Å². The molecule has 1 aromatic carbocycles. The van der Waals surface area contributed by atoms with Crippen LogP contribution in [0, 0.1) is 0 Å². The van der Waals surface area contributed by atoms with Crippen LogP contribution in [0.15, 0.2) is 28.7 Å². The molecule has 2 nitrogen and oxygen atoms in total. The molecular formula is C14H14F3NO. The largest absolute Gasteiger partial charge is 0.441 e. The molecule has 19 heavy (non-hydrogen) atoms. The zero-order chi connectivity index (χ0) is 14.0. The van der Waals surface area contributed by atoms with Gasteiger partial charge in [-0.2, -0.15) is 13.2 Å². The van der Waals surface area contributed by atoms with E-state index in [0.717, 1.165) is 23.6 Å². The van der Waals surface area contributed by atoms with Crippen LogP contribution in [0.25, 0.3) is 11.5 Å². The van der Waals surface area contributed by atoms with E-state index in [2.05, 4.69) is 4.98 Å². The Bertz CT molecular complexity index is 551. The van der Waals surface area contributed by atoms with Crippen LogP contribution < -0.4 is 0 Å². The van der Waals surface area contributed by atoms with Crippen molar-refractivity contribution < 1.29 is 17.6 Å². The van der Waals surface area contributed by atoms with E-state index in [-0.39, 0.29) is 5.89 Å². The average molecular weight is 269 g/mol. The maximum Gasteiger partial charge on any atom is 0.416 e. The highest BCUT2D eigenvalue weighted by Crippen LogP contribution is 2.32. The Kier molecular flexibility index (Phi) is 3.64. The lowest BCUT2D eigenvalue weighted by molar-refractivity contribution is -0.137. The minimum Gasteiger partial charge on any atom is -0.441 e. The highest BCUT2D eigenvalue weighted by atomic mass is 19.4. The molecule has 0 saturated heterocycles. The molecule has 0 aliphatic rings. The van der Waals surface area contributed by atoms with Crippen molar-refractivity contribution in [3.05, 3.63) is 41.3 Å². The van der Waals surface area contributed by atoms with Crippen molar-refractivity contribution in [3.63, 3.8) is 0 Å². The van der Waals surface area contributed by atoms with Gasteiger partial charge in [0.1, 0.15) is 5.76 Å². The standard InChI is InChI=1S/C14H14F3NO/c1-3-11-12(4-2)19-13(18-11)9-6-5-7-10(8-9)14(15,16)17/h5-8H,3-4H2,1-2H3. The third-order valence-corrected chi connectivity index (χ3v) is 2.87. The molecule has 0 amide bonds. The highest BCUT2D eigenvalue weighted by molar-refractivity contribution is 5.55. The number of halogens is 3. The fourth-order valence-electron chi connectivity index (χ4n) is 1.89. The van der Waals surface area contributed by atoms with Crippen molar-refractivity contribution >= 4 is 0 Å². The van der Waals surface area contributed by atoms with Crippen LogP contribution in [0.3, 0.4) is 0 Å². The Balaban J connectivity index is 2.44. The second-order valence-electron chi connectivity index (χ2n) is 4.17. The molecule has 2 rings (SSSR count). The fourth-order valence-corrected chi connectivity index (χ4v) is 1.89. The monoisotopic (exact) mass is 269 g/mol. The predicted molar refractivity (Wildman–Crippen MR) is 65.7 cm³/mol. The summed E-state index contributed by atoms with van der Waals surface area (Å²) in [4.78, 5) is 4.26. The first kappa shape index (κ1) is 13.6. The molecule has 0 aliphatic carbocycles. The van der Waals surface area contributed by atoms with Gasteiger partial charge in [0.2, 0.25) is 5.89 Å². The van der Waals surface area contributed by atoms with E-state index in [1.54, 1.807) is 6.07 Å². The minimum atomic E-state index is -4.36. The van der Waals surface area contributed by atoms with Crippen molar-refractivity contribution in [2.75, 3.05) is 0 Å². The zero-order valence-corrected chi connectivity index (χ0v) is 10.7. The second kappa shape index (κ2) is 5.07. The lowest BCUT2D eigenvalue weighted by Crippen LogP contribution is -2.04. The van der Waals surface area contributed by atoms with Crippen molar-refractivity contribution in [2.45, 2.75) is 32.9 Å². The van der Waals surface area contributed by atoms with Gasteiger partial charge in [-0.3, -0.25) is 0 Å². The molecule has 0 aliphatic heterocycles. The Morgan fingerprint density at radius 2 is 1.89 bits per heavy atom. The van der Waals surface area contributed by atoms with E-state index < -0.39 is 11.7 Å². The molecule has 0 radical (unpaired) electrons. The van der Waals surface area contributed by atoms with Gasteiger partial charge in [-0.1, -0.05) is 19.9 Å². The molecule has 2 aromatic rings. The van der Waals surface area contributed by atoms with E-state index in [4.69, 9.17) is 4.42 Å². The summed E-state index contributed by atoms with van der Waals surface area (Å²) in [7, 11) is 0. The van der Waals surface area contributed by atoms with Gasteiger partial charge in [0.15, 0.2) is 0 Å². The Labute approximate surface area is 109 Å². The van der Waals surface area contributed by atoms with Crippen LogP contribution in [0.4, 0.5) is 13.2 Å². The van der Waals surface area contributed by atoms with E-state index in [1.165, 1.54) is 6.07 Å². The molecule has 0 N–H and O–H groups in total. The lowest BCUT2D eigenvalue weighted by Gasteiger charge is -2.06. The summed E-state index contributed by atoms with van der Waals surface area (Å²) in [6.45, 7) is 3.86. The van der Waals surface area contributed by atoms with Gasteiger partial charge in [0.05, 0.1) is 11.3 Å². The molecule has 5 heteroatoms. The summed E-state index contributed by atoms with van der Waals surface area (Å²) in [5.41, 5.74) is 0.457. The summed E-state index contributed by atoms with van der Waals surface area (Å²) in [6.07, 6.45) is -2.98. The van der Waals surface area contributed by atoms with Crippen molar-refractivity contribution in [3.8, 4) is 11.5 Å². The number of hydrogen-bond acceptors (Lipinski definition) is 2. The van der Waals surface area contributed by atoms with Crippen LogP contribution >= 0.6 is 0 Å². The molecule has 0 unspecified atom stereocenters. The lowest BCUT2D eigenvalue weighted by atomic mass is 10.1. The molecule has 1 heterocycles. The summed E-state index contributed by atoms with van der Waals surface area (Å²) in [5, 5.41) is 0. The second-order valence-corrected chi connectivity index (χ2v) is 4.17. The van der Waals surface area contributed by atoms with Crippen LogP contribution in [0.2, 0.25) is 0 Å². The van der Waals surface area contributed by atoms with Gasteiger partial charge < -0.3 is 4.42 Å². The van der Waals surface area contributed by atoms with E-state index >= 15 is 0 Å². The van der Waals surface area contributed by atoms with Gasteiger partial charge in [-0.15, -0.1) is 0 Å². The first-order chi connectivity index (χ1) is 8.95. The molecule has 0 saturated carbocycles. The normalized spacial score (nSPS) is 11.8. The number of nitrogens with zero attached hydrogens (tertiary/aromatic N) is 1. The average Bonchev–Trinajstić information content (AvgIpc) is 2.81. The SMILES string of the molecule is CCc1nc(-c2cccc(C(F)(F)F)c2)oc1CC. The van der Waals surface area contributed by atoms with E-state index in [9.17, 15) is 13.2 Å². The number of aryl methyl sites for hydroxylation is 2. The summed E-state index contributed by atoms with van der Waals surface area (Å²) in [6, 6.07) is 5.03. The number of rotatable bonds is 3. The minimum absolute atomic E-state index is 0.250. The smallest absolute Gasteiger partial charge is 0.416 e. The first-order valence-corrected chi connectivity index (χ1v) is 6.12. The van der Waals surface area contributed by atoms with Crippen LogP contribution in [-0.4, -0.2) is 4.98 Å². The maximum absolute atomic E-state index is 12.6. The van der Waals surface area contributed by atoms with Crippen LogP contribution in [-0.2, 0) is 19.0 Å². The molecule has 0 atom stereocenters. The van der Waals surface area contributed by atoms with Crippen LogP contribution in [0.1, 0.15) is 30.9 Å². The first-order valence-electron chi connectivity index (χ1n) is 6.12. The molecule has 0 spiro atoms. The van der Waals surface area contributed by atoms with Crippen molar-refractivity contribution in [1.82, 2.24) is 4.98 Å². The molecule has 0 fully saturated rings. The fraction of sp³-hybridized carbons (Fsp3) is 0.357. The number of aromatic nitrogens is 1. The summed E-state index contributed by atoms with van der Waals surface area (Å²) >= 11 is 0. The van der Waals surface area contributed by atoms with Gasteiger partial charge in [-0.05, 0) is 24.6 Å². The van der Waals surface area contributed by atoms with Crippen molar-refractivity contribution in [2.24, 2.45) is 0 Å². The van der Waals surface area contributed by atoms with Gasteiger partial charge >= 0.3 is 6.18 Å². The predicted octanol–water partition coefficient (Wildman–Crippen LogP) is 4.49. The Hall–Kier alpha value is -1.78. The number of alkyl halides is 3. The quantitative estimate of drug-likeness (QED) is 0.820. The topological polar surface area (TPSA) is 26.0 Å². The van der Waals surface area contributed by atoms with E-state index in [1.807, 2.05) is 13.8 Å². The molecule has 1 aromatic heterocycles. The van der Waals surface area contributed by atoms with Gasteiger partial charge in [0.25, 0.3) is 0 Å². The highest BCUT2D eigenvalue weighted by Gasteiger charge is 2.30. The third-order valence-electron chi connectivity index (χ3n) is 2.87. The zero-order valence-electron chi connectivity index (χ0n) is 10.7. The van der Waals surface area contributed by atoms with Gasteiger partial charge in [-0.25, -0.2) is 4.98 Å². The summed E-state index contributed by atoms with van der Waals surface area (Å²) in [5.74, 6) is 0.981. The third kappa shape index (κ3) is 2.80. The van der Waals surface area contributed by atoms with E-state index in [0.29, 0.717) is 18.4 Å². The van der Waals surface area contributed by atoms with Crippen molar-refractivity contribution in [1.29, 1.82) is 0 Å². The molecule has 102 valence electrons.